The Kier molecular flexibility index (Phi) is 7.96. The molecule has 2 saturated heterocycles. The molecular formula is C23H31N3O4S2. The Morgan fingerprint density at radius 2 is 1.75 bits per heavy atom. The molecule has 0 saturated carbocycles. The predicted octanol–water partition coefficient (Wildman–Crippen LogP) is 2.65. The van der Waals surface area contributed by atoms with Crippen molar-refractivity contribution < 1.29 is 17.9 Å². The summed E-state index contributed by atoms with van der Waals surface area (Å²) >= 11 is 1.70. The molecule has 2 aromatic rings. The van der Waals surface area contributed by atoms with E-state index in [-0.39, 0.29) is 18.4 Å². The Morgan fingerprint density at radius 3 is 2.41 bits per heavy atom. The zero-order valence-electron chi connectivity index (χ0n) is 18.2. The first kappa shape index (κ1) is 23.4. The monoisotopic (exact) mass is 477 g/mol. The molecule has 2 fully saturated rings. The minimum atomic E-state index is -3.45. The topological polar surface area (TPSA) is 79.0 Å². The molecule has 1 aromatic carbocycles. The van der Waals surface area contributed by atoms with Gasteiger partial charge in [0.15, 0.2) is 0 Å². The molecule has 174 valence electrons. The summed E-state index contributed by atoms with van der Waals surface area (Å²) in [4.78, 5) is 16.5. The number of amides is 1. The van der Waals surface area contributed by atoms with Crippen LogP contribution >= 0.6 is 11.3 Å². The first-order valence-electron chi connectivity index (χ1n) is 11.2. The van der Waals surface area contributed by atoms with Gasteiger partial charge in [0.1, 0.15) is 0 Å². The number of hydrogen-bond donors (Lipinski definition) is 1. The molecule has 1 aromatic heterocycles. The van der Waals surface area contributed by atoms with E-state index in [0.717, 1.165) is 37.9 Å². The van der Waals surface area contributed by atoms with Gasteiger partial charge in [0.2, 0.25) is 15.9 Å². The van der Waals surface area contributed by atoms with Gasteiger partial charge in [0.05, 0.1) is 30.6 Å². The fraction of sp³-hybridized carbons (Fsp3) is 0.522. The maximum absolute atomic E-state index is 12.8. The van der Waals surface area contributed by atoms with Gasteiger partial charge < -0.3 is 10.1 Å². The highest BCUT2D eigenvalue weighted by atomic mass is 32.2. The fourth-order valence-corrected chi connectivity index (χ4v) is 6.65. The van der Waals surface area contributed by atoms with Gasteiger partial charge in [-0.2, -0.15) is 4.31 Å². The number of sulfonamides is 1. The Balaban J connectivity index is 1.34. The standard InChI is InChI=1S/C23H31N3O4S2/c27-23(24-18-21(22-5-4-16-31-22)25-12-14-30-15-13-25)17-19-6-8-20(9-7-19)32(28,29)26-10-2-1-3-11-26/h4-9,16,21H,1-3,10-15,17-18H2,(H,24,27). The third-order valence-electron chi connectivity index (χ3n) is 6.09. The van der Waals surface area contributed by atoms with Crippen LogP contribution in [0.5, 0.6) is 0 Å². The lowest BCUT2D eigenvalue weighted by Crippen LogP contribution is -2.43. The smallest absolute Gasteiger partial charge is 0.243 e. The summed E-state index contributed by atoms with van der Waals surface area (Å²) in [5, 5.41) is 5.13. The van der Waals surface area contributed by atoms with Gasteiger partial charge in [0, 0.05) is 37.6 Å². The van der Waals surface area contributed by atoms with Gasteiger partial charge in [-0.3, -0.25) is 9.69 Å². The van der Waals surface area contributed by atoms with Crippen LogP contribution in [0.2, 0.25) is 0 Å². The Hall–Kier alpha value is -1.78. The van der Waals surface area contributed by atoms with Crippen LogP contribution in [0.3, 0.4) is 0 Å². The van der Waals surface area contributed by atoms with Gasteiger partial charge in [-0.15, -0.1) is 11.3 Å². The van der Waals surface area contributed by atoms with Crippen molar-refractivity contribution in [1.82, 2.24) is 14.5 Å². The lowest BCUT2D eigenvalue weighted by molar-refractivity contribution is -0.120. The van der Waals surface area contributed by atoms with Crippen molar-refractivity contribution in [3.8, 4) is 0 Å². The highest BCUT2D eigenvalue weighted by Gasteiger charge is 2.26. The minimum absolute atomic E-state index is 0.0635. The van der Waals surface area contributed by atoms with Crippen molar-refractivity contribution in [2.75, 3.05) is 45.9 Å². The molecular weight excluding hydrogens is 446 g/mol. The van der Waals surface area contributed by atoms with E-state index in [9.17, 15) is 13.2 Å². The molecule has 2 aliphatic rings. The van der Waals surface area contributed by atoms with Crippen LogP contribution in [0.25, 0.3) is 0 Å². The van der Waals surface area contributed by atoms with Crippen molar-refractivity contribution in [2.45, 2.75) is 36.6 Å². The maximum Gasteiger partial charge on any atom is 0.243 e. The minimum Gasteiger partial charge on any atom is -0.379 e. The zero-order chi connectivity index (χ0) is 22.4. The summed E-state index contributed by atoms with van der Waals surface area (Å²) in [6.07, 6.45) is 3.13. The second kappa shape index (κ2) is 10.9. The molecule has 0 bridgehead atoms. The van der Waals surface area contributed by atoms with E-state index in [0.29, 0.717) is 37.7 Å². The summed E-state index contributed by atoms with van der Waals surface area (Å²) in [7, 11) is -3.45. The van der Waals surface area contributed by atoms with E-state index >= 15 is 0 Å². The van der Waals surface area contributed by atoms with Gasteiger partial charge in [-0.1, -0.05) is 24.6 Å². The summed E-state index contributed by atoms with van der Waals surface area (Å²) in [6.45, 7) is 4.84. The van der Waals surface area contributed by atoms with Crippen molar-refractivity contribution in [3.63, 3.8) is 0 Å². The maximum atomic E-state index is 12.8. The summed E-state index contributed by atoms with van der Waals surface area (Å²) in [5.74, 6) is -0.0635. The lowest BCUT2D eigenvalue weighted by atomic mass is 10.1. The SMILES string of the molecule is O=C(Cc1ccc(S(=O)(=O)N2CCCCC2)cc1)NCC(c1cccs1)N1CCOCC1. The number of nitrogens with zero attached hydrogens (tertiary/aromatic N) is 2. The molecule has 7 nitrogen and oxygen atoms in total. The zero-order valence-corrected chi connectivity index (χ0v) is 19.9. The molecule has 4 rings (SSSR count). The van der Waals surface area contributed by atoms with E-state index in [2.05, 4.69) is 21.7 Å². The Bertz CT molecular complexity index is 965. The number of nitrogens with one attached hydrogen (secondary N) is 1. The largest absolute Gasteiger partial charge is 0.379 e. The predicted molar refractivity (Wildman–Crippen MR) is 125 cm³/mol. The third kappa shape index (κ3) is 5.77. The lowest BCUT2D eigenvalue weighted by Gasteiger charge is -2.34. The Morgan fingerprint density at radius 1 is 1.03 bits per heavy atom. The summed E-state index contributed by atoms with van der Waals surface area (Å²) < 4.78 is 32.6. The number of ether oxygens (including phenoxy) is 1. The molecule has 32 heavy (non-hydrogen) atoms. The normalized spacial score (nSPS) is 19.5. The Labute approximate surface area is 194 Å². The van der Waals surface area contributed by atoms with Gasteiger partial charge in [-0.25, -0.2) is 8.42 Å². The molecule has 1 amide bonds. The molecule has 9 heteroatoms. The van der Waals surface area contributed by atoms with Crippen LogP contribution in [0.4, 0.5) is 0 Å². The fourth-order valence-electron chi connectivity index (χ4n) is 4.27. The number of benzene rings is 1. The molecule has 1 atom stereocenters. The molecule has 0 radical (unpaired) electrons. The van der Waals surface area contributed by atoms with Crippen LogP contribution in [0, 0.1) is 0 Å². The average molecular weight is 478 g/mol. The second-order valence-electron chi connectivity index (χ2n) is 8.27. The number of thiophene rings is 1. The molecule has 1 unspecified atom stereocenters. The van der Waals surface area contributed by atoms with E-state index in [1.165, 1.54) is 4.88 Å². The quantitative estimate of drug-likeness (QED) is 0.632. The van der Waals surface area contributed by atoms with Crippen molar-refractivity contribution >= 4 is 27.3 Å². The van der Waals surface area contributed by atoms with E-state index < -0.39 is 10.0 Å². The van der Waals surface area contributed by atoms with Gasteiger partial charge >= 0.3 is 0 Å². The van der Waals surface area contributed by atoms with Gasteiger partial charge in [-0.05, 0) is 42.0 Å². The number of hydrogen-bond acceptors (Lipinski definition) is 6. The molecule has 2 aliphatic heterocycles. The van der Waals surface area contributed by atoms with E-state index in [4.69, 9.17) is 4.74 Å². The van der Waals surface area contributed by atoms with E-state index in [1.54, 1.807) is 39.9 Å². The number of rotatable bonds is 8. The van der Waals surface area contributed by atoms with Crippen molar-refractivity contribution in [2.24, 2.45) is 0 Å². The average Bonchev–Trinajstić information content (AvgIpc) is 3.35. The molecule has 0 aliphatic carbocycles. The van der Waals surface area contributed by atoms with Gasteiger partial charge in [0.25, 0.3) is 0 Å². The van der Waals surface area contributed by atoms with Crippen molar-refractivity contribution in [1.29, 1.82) is 0 Å². The van der Waals surface area contributed by atoms with Crippen LogP contribution in [-0.2, 0) is 26.0 Å². The number of morpholine rings is 1. The number of carbonyl (C=O) groups excluding carboxylic acids is 1. The third-order valence-corrected chi connectivity index (χ3v) is 8.98. The van der Waals surface area contributed by atoms with Crippen LogP contribution < -0.4 is 5.32 Å². The highest BCUT2D eigenvalue weighted by Crippen LogP contribution is 2.25. The van der Waals surface area contributed by atoms with Crippen LogP contribution in [-0.4, -0.2) is 69.5 Å². The molecule has 0 spiro atoms. The van der Waals surface area contributed by atoms with E-state index in [1.807, 2.05) is 6.07 Å². The van der Waals surface area contributed by atoms with Crippen LogP contribution in [0.1, 0.15) is 35.7 Å². The summed E-state index contributed by atoms with van der Waals surface area (Å²) in [5.41, 5.74) is 0.805. The number of piperidine rings is 1. The summed E-state index contributed by atoms with van der Waals surface area (Å²) in [6, 6.07) is 11.0. The first-order valence-corrected chi connectivity index (χ1v) is 13.6. The molecule has 3 heterocycles. The highest BCUT2D eigenvalue weighted by molar-refractivity contribution is 7.89. The van der Waals surface area contributed by atoms with Crippen LogP contribution in [0.15, 0.2) is 46.7 Å². The second-order valence-corrected chi connectivity index (χ2v) is 11.2. The van der Waals surface area contributed by atoms with Crippen molar-refractivity contribution in [3.05, 3.63) is 52.2 Å². The molecule has 1 N–H and O–H groups in total. The first-order chi connectivity index (χ1) is 15.5. The number of carbonyl (C=O) groups is 1.